The molecule has 8 nitrogen and oxygen atoms in total. The van der Waals surface area contributed by atoms with Crippen LogP contribution in [0.4, 0.5) is 5.82 Å². The third-order valence-corrected chi connectivity index (χ3v) is 5.60. The molecule has 0 aromatic carbocycles. The molecule has 2 atom stereocenters. The van der Waals surface area contributed by atoms with E-state index in [0.29, 0.717) is 5.92 Å². The second-order valence-electron chi connectivity index (χ2n) is 6.94. The van der Waals surface area contributed by atoms with Gasteiger partial charge in [-0.3, -0.25) is 5.73 Å². The summed E-state index contributed by atoms with van der Waals surface area (Å²) in [5, 5.41) is 4.23. The summed E-state index contributed by atoms with van der Waals surface area (Å²) >= 11 is 0. The van der Waals surface area contributed by atoms with E-state index in [-0.39, 0.29) is 5.60 Å². The molecule has 0 aliphatic carbocycles. The fraction of sp³-hybridized carbons (Fsp3) is 0.562. The van der Waals surface area contributed by atoms with Crippen molar-refractivity contribution in [1.82, 2.24) is 24.6 Å². The van der Waals surface area contributed by atoms with Crippen LogP contribution in [0.3, 0.4) is 0 Å². The lowest BCUT2D eigenvalue weighted by molar-refractivity contribution is -0.137. The predicted molar refractivity (Wildman–Crippen MR) is 87.5 cm³/mol. The molecule has 2 N–H and O–H groups in total. The lowest BCUT2D eigenvalue weighted by atomic mass is 9.75. The molecular weight excluding hydrogens is 306 g/mol. The van der Waals surface area contributed by atoms with Gasteiger partial charge in [0.2, 0.25) is 0 Å². The predicted octanol–water partition coefficient (Wildman–Crippen LogP) is 0.206. The number of rotatable bonds is 2. The minimum Gasteiger partial charge on any atom is -0.335 e. The summed E-state index contributed by atoms with van der Waals surface area (Å²) in [4.78, 5) is 13.3. The largest absolute Gasteiger partial charge is 0.335 e. The van der Waals surface area contributed by atoms with Gasteiger partial charge in [-0.15, -0.1) is 0 Å². The maximum atomic E-state index is 6.32. The second-order valence-corrected chi connectivity index (χ2v) is 6.94. The molecule has 24 heavy (non-hydrogen) atoms. The zero-order valence-electron chi connectivity index (χ0n) is 13.5. The third kappa shape index (κ3) is 2.14. The minimum absolute atomic E-state index is 0.160. The van der Waals surface area contributed by atoms with E-state index in [1.54, 1.807) is 17.2 Å². The smallest absolute Gasteiger partial charge is 0.186 e. The van der Waals surface area contributed by atoms with Crippen molar-refractivity contribution in [1.29, 1.82) is 0 Å². The van der Waals surface area contributed by atoms with E-state index in [2.05, 4.69) is 24.9 Å². The number of anilines is 1. The molecule has 2 aromatic heterocycles. The summed E-state index contributed by atoms with van der Waals surface area (Å²) in [6, 6.07) is 3.78. The topological polar surface area (TPSA) is 85.3 Å². The number of hydrogen-bond donors (Lipinski definition) is 1. The summed E-state index contributed by atoms with van der Waals surface area (Å²) in [5.74, 6) is 2.11. The van der Waals surface area contributed by atoms with E-state index in [4.69, 9.17) is 10.5 Å². The molecule has 8 heteroatoms. The van der Waals surface area contributed by atoms with Crippen molar-refractivity contribution in [2.75, 3.05) is 31.1 Å². The highest BCUT2D eigenvalue weighted by Crippen LogP contribution is 2.43. The minimum atomic E-state index is -0.467. The van der Waals surface area contributed by atoms with E-state index in [1.165, 1.54) is 25.9 Å². The van der Waals surface area contributed by atoms with Crippen LogP contribution in [-0.4, -0.2) is 62.8 Å². The van der Waals surface area contributed by atoms with Crippen molar-refractivity contribution in [3.05, 3.63) is 30.9 Å². The number of nitrogens with two attached hydrogens (primary N) is 1. The van der Waals surface area contributed by atoms with Crippen LogP contribution < -0.4 is 10.6 Å². The molecule has 4 aliphatic heterocycles. The summed E-state index contributed by atoms with van der Waals surface area (Å²) < 4.78 is 8.02. The van der Waals surface area contributed by atoms with Crippen LogP contribution in [0.1, 0.15) is 12.8 Å². The van der Waals surface area contributed by atoms with Gasteiger partial charge in [0.1, 0.15) is 17.7 Å². The Morgan fingerprint density at radius 3 is 2.71 bits per heavy atom. The molecule has 0 amide bonds. The number of nitrogens with zero attached hydrogens (tertiary/aromatic N) is 6. The summed E-state index contributed by atoms with van der Waals surface area (Å²) in [7, 11) is 0. The maximum absolute atomic E-state index is 6.32. The van der Waals surface area contributed by atoms with Gasteiger partial charge in [0.25, 0.3) is 0 Å². The molecule has 1 spiro atoms. The lowest BCUT2D eigenvalue weighted by Gasteiger charge is -2.50. The molecule has 4 saturated heterocycles. The SMILES string of the molecule is NC1OC2(CN3CCC2CC3)CN1c1cc(-n2cccn2)ncn1. The second kappa shape index (κ2) is 5.23. The van der Waals surface area contributed by atoms with Crippen molar-refractivity contribution in [3.63, 3.8) is 0 Å². The molecule has 2 aromatic rings. The normalized spacial score (nSPS) is 35.0. The average molecular weight is 327 g/mol. The van der Waals surface area contributed by atoms with Gasteiger partial charge in [0, 0.05) is 25.0 Å². The Bertz CT molecular complexity index is 728. The first-order chi connectivity index (χ1) is 11.7. The van der Waals surface area contributed by atoms with Crippen LogP contribution in [0.25, 0.3) is 5.82 Å². The molecule has 4 aliphatic rings. The van der Waals surface area contributed by atoms with Crippen LogP contribution in [0.2, 0.25) is 0 Å². The zero-order valence-corrected chi connectivity index (χ0v) is 13.5. The lowest BCUT2D eigenvalue weighted by Crippen LogP contribution is -2.61. The quantitative estimate of drug-likeness (QED) is 0.843. The fourth-order valence-corrected chi connectivity index (χ4v) is 4.39. The summed E-state index contributed by atoms with van der Waals surface area (Å²) in [6.45, 7) is 4.12. The molecule has 6 rings (SSSR count). The molecule has 6 heterocycles. The molecule has 2 bridgehead atoms. The highest BCUT2D eigenvalue weighted by Gasteiger charge is 2.54. The Labute approximate surface area is 140 Å². The first-order valence-corrected chi connectivity index (χ1v) is 8.48. The average Bonchev–Trinajstić information content (AvgIpc) is 3.25. The van der Waals surface area contributed by atoms with E-state index in [1.807, 2.05) is 18.3 Å². The number of fused-ring (bicyclic) bond motifs is 2. The van der Waals surface area contributed by atoms with Crippen molar-refractivity contribution in [2.45, 2.75) is 24.8 Å². The van der Waals surface area contributed by atoms with Crippen molar-refractivity contribution in [2.24, 2.45) is 11.7 Å². The Morgan fingerprint density at radius 1 is 1.17 bits per heavy atom. The number of aromatic nitrogens is 4. The molecule has 0 radical (unpaired) electrons. The molecule has 0 saturated carbocycles. The van der Waals surface area contributed by atoms with Crippen LogP contribution in [0, 0.1) is 5.92 Å². The molecular formula is C16H21N7O. The van der Waals surface area contributed by atoms with Crippen LogP contribution in [0.15, 0.2) is 30.9 Å². The van der Waals surface area contributed by atoms with E-state index < -0.39 is 6.35 Å². The molecule has 2 unspecified atom stereocenters. The van der Waals surface area contributed by atoms with E-state index in [0.717, 1.165) is 24.7 Å². The van der Waals surface area contributed by atoms with Crippen LogP contribution in [-0.2, 0) is 4.74 Å². The Morgan fingerprint density at radius 2 is 2.00 bits per heavy atom. The van der Waals surface area contributed by atoms with Crippen molar-refractivity contribution < 1.29 is 4.74 Å². The van der Waals surface area contributed by atoms with Gasteiger partial charge in [-0.05, 0) is 37.9 Å². The van der Waals surface area contributed by atoms with E-state index >= 15 is 0 Å². The zero-order chi connectivity index (χ0) is 16.1. The standard InChI is InChI=1S/C16H21N7O/c17-15-22(10-16(24-15)9-21-6-2-12(16)3-7-21)13-8-14(19-11-18-13)23-5-1-4-20-23/h1,4-5,8,11-12,15H,2-3,6-7,9-10,17H2. The highest BCUT2D eigenvalue weighted by molar-refractivity contribution is 5.45. The van der Waals surface area contributed by atoms with Gasteiger partial charge in [0.15, 0.2) is 12.2 Å². The Balaban J connectivity index is 1.44. The van der Waals surface area contributed by atoms with Gasteiger partial charge in [0.05, 0.1) is 6.54 Å². The molecule has 4 fully saturated rings. The van der Waals surface area contributed by atoms with E-state index in [9.17, 15) is 0 Å². The van der Waals surface area contributed by atoms with Gasteiger partial charge in [-0.2, -0.15) is 5.10 Å². The van der Waals surface area contributed by atoms with Gasteiger partial charge in [-0.25, -0.2) is 14.6 Å². The fourth-order valence-electron chi connectivity index (χ4n) is 4.39. The Hall–Kier alpha value is -2.03. The maximum Gasteiger partial charge on any atom is 0.186 e. The van der Waals surface area contributed by atoms with Crippen LogP contribution in [0.5, 0.6) is 0 Å². The summed E-state index contributed by atoms with van der Waals surface area (Å²) in [6.07, 6.45) is 7.08. The van der Waals surface area contributed by atoms with Crippen molar-refractivity contribution in [3.8, 4) is 5.82 Å². The van der Waals surface area contributed by atoms with Gasteiger partial charge in [-0.1, -0.05) is 0 Å². The highest BCUT2D eigenvalue weighted by atomic mass is 16.6. The first-order valence-electron chi connectivity index (χ1n) is 8.48. The monoisotopic (exact) mass is 327 g/mol. The van der Waals surface area contributed by atoms with Gasteiger partial charge < -0.3 is 14.5 Å². The third-order valence-electron chi connectivity index (χ3n) is 5.60. The number of hydrogen-bond acceptors (Lipinski definition) is 7. The number of ether oxygens (including phenoxy) is 1. The van der Waals surface area contributed by atoms with Crippen LogP contribution >= 0.6 is 0 Å². The van der Waals surface area contributed by atoms with Crippen molar-refractivity contribution >= 4 is 5.82 Å². The molecule has 126 valence electrons. The van der Waals surface area contributed by atoms with Gasteiger partial charge >= 0.3 is 0 Å². The summed E-state index contributed by atoms with van der Waals surface area (Å²) in [5.41, 5.74) is 6.16. The first kappa shape index (κ1) is 14.3. The Kier molecular flexibility index (Phi) is 3.12. The number of piperidine rings is 3.